The van der Waals surface area contributed by atoms with Crippen molar-refractivity contribution in [1.82, 2.24) is 14.7 Å². The number of alkyl halides is 3. The number of thiophene rings is 1. The van der Waals surface area contributed by atoms with Crippen LogP contribution in [-0.2, 0) is 12.7 Å². The standard InChI is InChI=1S/C16H14F3N3O2S/c1-2-3-12(23)10-6-7-22(8-10)9-11-4-5-13(25-11)14-20-15(24-21-14)16(17,18)19/h4-8H,2-3,9H2,1H3. The lowest BCUT2D eigenvalue weighted by Gasteiger charge is -1.99. The van der Waals surface area contributed by atoms with Crippen LogP contribution in [-0.4, -0.2) is 20.5 Å². The molecule has 0 aliphatic rings. The molecule has 0 N–H and O–H groups in total. The van der Waals surface area contributed by atoms with Crippen molar-refractivity contribution in [3.05, 3.63) is 46.9 Å². The minimum atomic E-state index is -4.65. The van der Waals surface area contributed by atoms with Crippen molar-refractivity contribution in [3.8, 4) is 10.7 Å². The molecular formula is C16H14F3N3O2S. The van der Waals surface area contributed by atoms with E-state index in [1.54, 1.807) is 30.6 Å². The molecule has 0 atom stereocenters. The lowest BCUT2D eigenvalue weighted by atomic mass is 10.1. The molecule has 0 bridgehead atoms. The van der Waals surface area contributed by atoms with E-state index in [1.807, 2.05) is 11.5 Å². The number of carbonyl (C=O) groups excluding carboxylic acids is 1. The predicted octanol–water partition coefficient (Wildman–Crippen LogP) is 4.65. The topological polar surface area (TPSA) is 60.9 Å². The first kappa shape index (κ1) is 17.4. The summed E-state index contributed by atoms with van der Waals surface area (Å²) in [7, 11) is 0. The lowest BCUT2D eigenvalue weighted by molar-refractivity contribution is -0.159. The fraction of sp³-hybridized carbons (Fsp3) is 0.312. The van der Waals surface area contributed by atoms with Crippen molar-refractivity contribution in [2.24, 2.45) is 0 Å². The maximum atomic E-state index is 12.5. The molecule has 3 rings (SSSR count). The van der Waals surface area contributed by atoms with Crippen molar-refractivity contribution >= 4 is 17.1 Å². The van der Waals surface area contributed by atoms with Gasteiger partial charge in [-0.25, -0.2) is 0 Å². The maximum Gasteiger partial charge on any atom is 0.471 e. The van der Waals surface area contributed by atoms with E-state index in [-0.39, 0.29) is 11.6 Å². The van der Waals surface area contributed by atoms with E-state index in [1.165, 1.54) is 11.3 Å². The zero-order valence-electron chi connectivity index (χ0n) is 13.2. The average Bonchev–Trinajstić information content (AvgIpc) is 3.27. The van der Waals surface area contributed by atoms with E-state index in [2.05, 4.69) is 14.7 Å². The van der Waals surface area contributed by atoms with E-state index < -0.39 is 12.1 Å². The van der Waals surface area contributed by atoms with Gasteiger partial charge < -0.3 is 9.09 Å². The number of carbonyl (C=O) groups is 1. The van der Waals surface area contributed by atoms with Gasteiger partial charge in [-0.2, -0.15) is 18.2 Å². The molecule has 132 valence electrons. The van der Waals surface area contributed by atoms with Crippen molar-refractivity contribution in [2.75, 3.05) is 0 Å². The summed E-state index contributed by atoms with van der Waals surface area (Å²) in [6, 6.07) is 5.20. The van der Waals surface area contributed by atoms with Gasteiger partial charge in [-0.1, -0.05) is 12.1 Å². The summed E-state index contributed by atoms with van der Waals surface area (Å²) in [5.41, 5.74) is 0.659. The second kappa shape index (κ2) is 6.83. The molecular weight excluding hydrogens is 355 g/mol. The number of Topliss-reactive ketones (excluding diaryl/α,β-unsaturated/α-hetero) is 1. The Hall–Kier alpha value is -2.42. The number of nitrogens with zero attached hydrogens (tertiary/aromatic N) is 3. The highest BCUT2D eigenvalue weighted by atomic mass is 32.1. The molecule has 5 nitrogen and oxygen atoms in total. The van der Waals surface area contributed by atoms with Crippen LogP contribution in [0.4, 0.5) is 13.2 Å². The molecule has 0 aromatic carbocycles. The summed E-state index contributed by atoms with van der Waals surface area (Å²) >= 11 is 1.27. The normalized spacial score (nSPS) is 11.8. The third-order valence-corrected chi connectivity index (χ3v) is 4.50. The van der Waals surface area contributed by atoms with E-state index in [9.17, 15) is 18.0 Å². The van der Waals surface area contributed by atoms with E-state index in [0.717, 1.165) is 11.3 Å². The summed E-state index contributed by atoms with van der Waals surface area (Å²) in [5.74, 6) is -1.35. The fourth-order valence-corrected chi connectivity index (χ4v) is 3.22. The number of halogens is 3. The zero-order valence-corrected chi connectivity index (χ0v) is 14.0. The number of rotatable bonds is 6. The first-order valence-corrected chi connectivity index (χ1v) is 8.37. The fourth-order valence-electron chi connectivity index (χ4n) is 2.28. The van der Waals surface area contributed by atoms with Gasteiger partial charge in [0.1, 0.15) is 0 Å². The first-order chi connectivity index (χ1) is 11.9. The van der Waals surface area contributed by atoms with Crippen LogP contribution in [0.5, 0.6) is 0 Å². The summed E-state index contributed by atoms with van der Waals surface area (Å²) < 4.78 is 43.6. The molecule has 3 aromatic rings. The zero-order chi connectivity index (χ0) is 18.0. The van der Waals surface area contributed by atoms with Gasteiger partial charge in [-0.15, -0.1) is 11.3 Å². The van der Waals surface area contributed by atoms with Crippen LogP contribution >= 0.6 is 11.3 Å². The quantitative estimate of drug-likeness (QED) is 0.594. The van der Waals surface area contributed by atoms with E-state index >= 15 is 0 Å². The third-order valence-electron chi connectivity index (χ3n) is 3.44. The summed E-state index contributed by atoms with van der Waals surface area (Å²) in [5, 5.41) is 3.37. The summed E-state index contributed by atoms with van der Waals surface area (Å²) in [4.78, 5) is 16.6. The highest BCUT2D eigenvalue weighted by Crippen LogP contribution is 2.31. The Morgan fingerprint density at radius 3 is 2.80 bits per heavy atom. The Morgan fingerprint density at radius 1 is 1.32 bits per heavy atom. The Kier molecular flexibility index (Phi) is 4.76. The van der Waals surface area contributed by atoms with E-state index in [4.69, 9.17) is 0 Å². The molecule has 0 amide bonds. The summed E-state index contributed by atoms with van der Waals surface area (Å²) in [6.07, 6.45) is 0.221. The van der Waals surface area contributed by atoms with Gasteiger partial charge in [-0.3, -0.25) is 4.79 Å². The van der Waals surface area contributed by atoms with E-state index in [0.29, 0.717) is 23.4 Å². The second-order valence-corrected chi connectivity index (χ2v) is 6.60. The molecule has 0 aliphatic carbocycles. The van der Waals surface area contributed by atoms with Crippen LogP contribution in [0.15, 0.2) is 35.1 Å². The van der Waals surface area contributed by atoms with Crippen LogP contribution < -0.4 is 0 Å². The molecule has 25 heavy (non-hydrogen) atoms. The molecule has 3 heterocycles. The monoisotopic (exact) mass is 369 g/mol. The minimum absolute atomic E-state index is 0.0881. The molecule has 0 saturated heterocycles. The lowest BCUT2D eigenvalue weighted by Crippen LogP contribution is -2.04. The highest BCUT2D eigenvalue weighted by molar-refractivity contribution is 7.15. The molecule has 0 aliphatic heterocycles. The van der Waals surface area contributed by atoms with Gasteiger partial charge in [-0.05, 0) is 24.6 Å². The third kappa shape index (κ3) is 3.98. The van der Waals surface area contributed by atoms with Gasteiger partial charge in [0.2, 0.25) is 5.82 Å². The van der Waals surface area contributed by atoms with Gasteiger partial charge in [0.15, 0.2) is 5.78 Å². The summed E-state index contributed by atoms with van der Waals surface area (Å²) in [6.45, 7) is 2.46. The Bertz CT molecular complexity index is 879. The Balaban J connectivity index is 1.72. The van der Waals surface area contributed by atoms with Gasteiger partial charge in [0, 0.05) is 29.3 Å². The average molecular weight is 369 g/mol. The van der Waals surface area contributed by atoms with Crippen LogP contribution in [0.1, 0.15) is 40.9 Å². The molecule has 3 aromatic heterocycles. The molecule has 0 radical (unpaired) electrons. The molecule has 0 saturated carbocycles. The molecule has 9 heteroatoms. The maximum absolute atomic E-state index is 12.5. The number of hydrogen-bond acceptors (Lipinski definition) is 5. The molecule has 0 unspecified atom stereocenters. The van der Waals surface area contributed by atoms with Crippen molar-refractivity contribution in [2.45, 2.75) is 32.5 Å². The van der Waals surface area contributed by atoms with Crippen molar-refractivity contribution < 1.29 is 22.5 Å². The van der Waals surface area contributed by atoms with Crippen LogP contribution in [0.2, 0.25) is 0 Å². The number of hydrogen-bond donors (Lipinski definition) is 0. The van der Waals surface area contributed by atoms with Crippen LogP contribution in [0.25, 0.3) is 10.7 Å². The SMILES string of the molecule is CCCC(=O)c1ccn(Cc2ccc(-c3noc(C(F)(F)F)n3)s2)c1. The minimum Gasteiger partial charge on any atom is -0.348 e. The Morgan fingerprint density at radius 2 is 2.12 bits per heavy atom. The van der Waals surface area contributed by atoms with Gasteiger partial charge in [0.25, 0.3) is 0 Å². The van der Waals surface area contributed by atoms with Crippen molar-refractivity contribution in [3.63, 3.8) is 0 Å². The van der Waals surface area contributed by atoms with Gasteiger partial charge >= 0.3 is 12.1 Å². The largest absolute Gasteiger partial charge is 0.471 e. The number of aromatic nitrogens is 3. The molecule has 0 fully saturated rings. The second-order valence-electron chi connectivity index (χ2n) is 5.43. The Labute approximate surface area is 145 Å². The predicted molar refractivity (Wildman–Crippen MR) is 85.4 cm³/mol. The first-order valence-electron chi connectivity index (χ1n) is 7.56. The van der Waals surface area contributed by atoms with Gasteiger partial charge in [0.05, 0.1) is 11.4 Å². The van der Waals surface area contributed by atoms with Crippen LogP contribution in [0, 0.1) is 0 Å². The smallest absolute Gasteiger partial charge is 0.348 e. The highest BCUT2D eigenvalue weighted by Gasteiger charge is 2.38. The van der Waals surface area contributed by atoms with Crippen molar-refractivity contribution in [1.29, 1.82) is 0 Å². The number of ketones is 1. The van der Waals surface area contributed by atoms with Crippen LogP contribution in [0.3, 0.4) is 0 Å². The molecule has 0 spiro atoms.